The lowest BCUT2D eigenvalue weighted by atomic mass is 9.87. The Hall–Kier alpha value is -2.76. The average molecular weight is 512 g/mol. The summed E-state index contributed by atoms with van der Waals surface area (Å²) in [6, 6.07) is 0.604. The van der Waals surface area contributed by atoms with Crippen molar-refractivity contribution in [2.45, 2.75) is 57.1 Å². The van der Waals surface area contributed by atoms with Gasteiger partial charge in [-0.1, -0.05) is 0 Å². The number of hydrogen-bond donors (Lipinski definition) is 2. The molecule has 0 unspecified atom stereocenters. The Labute approximate surface area is 214 Å². The molecule has 3 aromatic rings. The van der Waals surface area contributed by atoms with Crippen LogP contribution in [0.2, 0.25) is 0 Å². The van der Waals surface area contributed by atoms with Gasteiger partial charge in [-0.15, -0.1) is 11.3 Å². The molecule has 3 N–H and O–H groups in total. The van der Waals surface area contributed by atoms with Crippen LogP contribution in [-0.2, 0) is 29.4 Å². The van der Waals surface area contributed by atoms with Crippen molar-refractivity contribution in [2.24, 2.45) is 18.7 Å². The number of aromatic nitrogens is 4. The van der Waals surface area contributed by atoms with E-state index in [0.29, 0.717) is 24.3 Å². The van der Waals surface area contributed by atoms with Crippen molar-refractivity contribution < 1.29 is 14.3 Å². The van der Waals surface area contributed by atoms with Crippen molar-refractivity contribution in [1.29, 1.82) is 0 Å². The first-order valence-corrected chi connectivity index (χ1v) is 13.7. The van der Waals surface area contributed by atoms with Gasteiger partial charge < -0.3 is 20.5 Å². The summed E-state index contributed by atoms with van der Waals surface area (Å²) >= 11 is 1.68. The third-order valence-electron chi connectivity index (χ3n) is 7.72. The number of carbonyl (C=O) groups excluding carboxylic acids is 1. The minimum absolute atomic E-state index is 0.109. The Morgan fingerprint density at radius 1 is 1.19 bits per heavy atom. The molecule has 1 atom stereocenters. The summed E-state index contributed by atoms with van der Waals surface area (Å²) in [7, 11) is 1.87. The van der Waals surface area contributed by atoms with E-state index >= 15 is 0 Å². The second-order valence-electron chi connectivity index (χ2n) is 10.1. The highest BCUT2D eigenvalue weighted by atomic mass is 32.1. The standard InChI is InChI=1S/C25H33N7O3S/c1-31-14-16(13-27-31)28-25-29-23(35-18-5-3-17(4-6-18)32-8-10-34-11-9-32)21-19-12-15(22(26)33)2-7-20(19)36-24(21)30-25/h13-15,17-18H,2-12H2,1H3,(H2,26,33)(H,28,29,30)/t15-,17-,18-/m1/s1. The van der Waals surface area contributed by atoms with Gasteiger partial charge in [-0.25, -0.2) is 4.98 Å². The zero-order valence-corrected chi connectivity index (χ0v) is 21.4. The molecule has 1 amide bonds. The number of hydrogen-bond acceptors (Lipinski definition) is 9. The van der Waals surface area contributed by atoms with Crippen LogP contribution < -0.4 is 15.8 Å². The number of ether oxygens (including phenoxy) is 2. The van der Waals surface area contributed by atoms with Crippen LogP contribution in [0, 0.1) is 5.92 Å². The van der Waals surface area contributed by atoms with E-state index in [9.17, 15) is 4.79 Å². The minimum Gasteiger partial charge on any atom is -0.474 e. The number of rotatable bonds is 6. The number of nitrogens with zero attached hydrogens (tertiary/aromatic N) is 5. The molecule has 1 saturated heterocycles. The van der Waals surface area contributed by atoms with Crippen LogP contribution in [0.5, 0.6) is 5.88 Å². The molecule has 2 aliphatic carbocycles. The van der Waals surface area contributed by atoms with Gasteiger partial charge in [0.15, 0.2) is 0 Å². The third-order valence-corrected chi connectivity index (χ3v) is 8.90. The van der Waals surface area contributed by atoms with E-state index in [1.807, 2.05) is 13.2 Å². The maximum atomic E-state index is 12.0. The number of anilines is 2. The van der Waals surface area contributed by atoms with Crippen LogP contribution in [0.4, 0.5) is 11.6 Å². The SMILES string of the molecule is Cn1cc(Nc2nc(O[C@H]3CC[C@H](N4CCOCC4)CC3)c3c4c(sc3n2)CC[C@@H](C(N)=O)C4)cn1. The molecular formula is C25H33N7O3S. The fraction of sp³-hybridized carbons (Fsp3) is 0.600. The molecule has 0 spiro atoms. The van der Waals surface area contributed by atoms with Crippen molar-refractivity contribution in [3.63, 3.8) is 0 Å². The number of carbonyl (C=O) groups is 1. The van der Waals surface area contributed by atoms with Crippen LogP contribution in [0.1, 0.15) is 42.5 Å². The highest BCUT2D eigenvalue weighted by Crippen LogP contribution is 2.42. The third kappa shape index (κ3) is 4.79. The van der Waals surface area contributed by atoms with Crippen LogP contribution >= 0.6 is 11.3 Å². The molecule has 6 rings (SSSR count). The number of fused-ring (bicyclic) bond motifs is 3. The fourth-order valence-corrected chi connectivity index (χ4v) is 6.98. The van der Waals surface area contributed by atoms with E-state index in [4.69, 9.17) is 25.2 Å². The summed E-state index contributed by atoms with van der Waals surface area (Å²) in [5.41, 5.74) is 7.64. The molecule has 1 aliphatic heterocycles. The summed E-state index contributed by atoms with van der Waals surface area (Å²) in [4.78, 5) is 26.4. The van der Waals surface area contributed by atoms with Gasteiger partial charge >= 0.3 is 0 Å². The largest absolute Gasteiger partial charge is 0.474 e. The van der Waals surface area contributed by atoms with Gasteiger partial charge in [0.05, 0.1) is 30.5 Å². The number of aryl methyl sites for hydroxylation is 2. The topological polar surface area (TPSA) is 120 Å². The molecule has 36 heavy (non-hydrogen) atoms. The van der Waals surface area contributed by atoms with Crippen molar-refractivity contribution in [3.8, 4) is 5.88 Å². The molecule has 192 valence electrons. The van der Waals surface area contributed by atoms with Crippen molar-refractivity contribution in [3.05, 3.63) is 22.8 Å². The van der Waals surface area contributed by atoms with E-state index in [2.05, 4.69) is 15.3 Å². The van der Waals surface area contributed by atoms with Crippen LogP contribution in [0.25, 0.3) is 10.2 Å². The van der Waals surface area contributed by atoms with Gasteiger partial charge in [0, 0.05) is 43.2 Å². The van der Waals surface area contributed by atoms with Crippen LogP contribution in [-0.4, -0.2) is 69.0 Å². The summed E-state index contributed by atoms with van der Waals surface area (Å²) in [6.45, 7) is 3.71. The molecule has 0 radical (unpaired) electrons. The maximum Gasteiger partial charge on any atom is 0.232 e. The predicted octanol–water partition coefficient (Wildman–Crippen LogP) is 2.78. The highest BCUT2D eigenvalue weighted by Gasteiger charge is 2.32. The average Bonchev–Trinajstić information content (AvgIpc) is 3.47. The van der Waals surface area contributed by atoms with Gasteiger partial charge in [0.25, 0.3) is 0 Å². The number of amides is 1. The number of thiophene rings is 1. The Balaban J connectivity index is 1.28. The maximum absolute atomic E-state index is 12.0. The summed E-state index contributed by atoms with van der Waals surface area (Å²) in [5.74, 6) is 0.723. The number of primary amides is 1. The highest BCUT2D eigenvalue weighted by molar-refractivity contribution is 7.18. The second kappa shape index (κ2) is 9.95. The van der Waals surface area contributed by atoms with Crippen LogP contribution in [0.3, 0.4) is 0 Å². The normalized spacial score (nSPS) is 25.0. The van der Waals surface area contributed by atoms with E-state index in [1.165, 1.54) is 4.88 Å². The fourth-order valence-electron chi connectivity index (χ4n) is 5.77. The van der Waals surface area contributed by atoms with Crippen molar-refractivity contribution >= 4 is 39.1 Å². The minimum atomic E-state index is -0.236. The Bertz CT molecular complexity index is 1240. The van der Waals surface area contributed by atoms with Gasteiger partial charge in [0.2, 0.25) is 17.7 Å². The van der Waals surface area contributed by atoms with E-state index < -0.39 is 0 Å². The lowest BCUT2D eigenvalue weighted by Gasteiger charge is -2.38. The van der Waals surface area contributed by atoms with Crippen LogP contribution in [0.15, 0.2) is 12.4 Å². The van der Waals surface area contributed by atoms with E-state index in [1.54, 1.807) is 22.2 Å². The summed E-state index contributed by atoms with van der Waals surface area (Å²) in [5, 5.41) is 8.46. The van der Waals surface area contributed by atoms with Crippen molar-refractivity contribution in [2.75, 3.05) is 31.6 Å². The van der Waals surface area contributed by atoms with Gasteiger partial charge in [-0.3, -0.25) is 14.4 Å². The van der Waals surface area contributed by atoms with E-state index in [0.717, 1.165) is 86.3 Å². The summed E-state index contributed by atoms with van der Waals surface area (Å²) < 4.78 is 13.9. The van der Waals surface area contributed by atoms with Crippen molar-refractivity contribution in [1.82, 2.24) is 24.6 Å². The Morgan fingerprint density at radius 2 is 2.00 bits per heavy atom. The lowest BCUT2D eigenvalue weighted by Crippen LogP contribution is -2.46. The van der Waals surface area contributed by atoms with E-state index in [-0.39, 0.29) is 17.9 Å². The monoisotopic (exact) mass is 511 g/mol. The zero-order chi connectivity index (χ0) is 24.6. The molecule has 2 fully saturated rings. The number of nitrogens with one attached hydrogen (secondary N) is 1. The Kier molecular flexibility index (Phi) is 6.53. The number of morpholine rings is 1. The molecule has 3 aromatic heterocycles. The number of nitrogens with two attached hydrogens (primary N) is 1. The molecule has 1 saturated carbocycles. The van der Waals surface area contributed by atoms with Gasteiger partial charge in [0.1, 0.15) is 10.9 Å². The zero-order valence-electron chi connectivity index (χ0n) is 20.6. The Morgan fingerprint density at radius 3 is 2.72 bits per heavy atom. The summed E-state index contributed by atoms with van der Waals surface area (Å²) in [6.07, 6.45) is 10.2. The molecule has 0 bridgehead atoms. The predicted molar refractivity (Wildman–Crippen MR) is 138 cm³/mol. The quantitative estimate of drug-likeness (QED) is 0.518. The van der Waals surface area contributed by atoms with Gasteiger partial charge in [-0.05, 0) is 50.5 Å². The molecule has 4 heterocycles. The first-order chi connectivity index (χ1) is 17.5. The first-order valence-electron chi connectivity index (χ1n) is 12.9. The molecule has 10 nitrogen and oxygen atoms in total. The van der Waals surface area contributed by atoms with Gasteiger partial charge in [-0.2, -0.15) is 10.1 Å². The molecule has 0 aromatic carbocycles. The smallest absolute Gasteiger partial charge is 0.232 e. The molecule has 11 heteroatoms. The lowest BCUT2D eigenvalue weighted by molar-refractivity contribution is -0.122. The second-order valence-corrected chi connectivity index (χ2v) is 11.2. The molecular weight excluding hydrogens is 478 g/mol. The first kappa shape index (κ1) is 23.6. The molecule has 3 aliphatic rings.